The third-order valence-electron chi connectivity index (χ3n) is 7.24. The second-order valence-corrected chi connectivity index (χ2v) is 9.38. The Kier molecular flexibility index (Phi) is 6.35. The van der Waals surface area contributed by atoms with Gasteiger partial charge in [0.15, 0.2) is 0 Å². The first-order chi connectivity index (χ1) is 15.8. The number of rotatable bonds is 8. The Morgan fingerprint density at radius 2 is 1.78 bits per heavy atom. The summed E-state index contributed by atoms with van der Waals surface area (Å²) in [4.78, 5) is 6.00. The van der Waals surface area contributed by atoms with Gasteiger partial charge in [0.25, 0.3) is 0 Å². The molecule has 4 aromatic rings. The summed E-state index contributed by atoms with van der Waals surface area (Å²) in [5.41, 5.74) is 5.16. The van der Waals surface area contributed by atoms with Crippen LogP contribution in [0.3, 0.4) is 0 Å². The van der Waals surface area contributed by atoms with Gasteiger partial charge in [-0.1, -0.05) is 36.8 Å². The molecule has 1 aliphatic rings. The number of nitrogens with zero attached hydrogens (tertiary/aromatic N) is 4. The molecule has 0 atom stereocenters. The van der Waals surface area contributed by atoms with Crippen molar-refractivity contribution in [3.8, 4) is 5.69 Å². The SMILES string of the molecule is CN(Cc1ccccc1)[C@H]1CC[C@@H](CCCc2c[nH]c3ccc(-n4cnnc4)cc23)CC1. The van der Waals surface area contributed by atoms with Crippen molar-refractivity contribution < 1.29 is 0 Å². The monoisotopic (exact) mass is 427 g/mol. The predicted octanol–water partition coefficient (Wildman–Crippen LogP) is 5.76. The van der Waals surface area contributed by atoms with Crippen molar-refractivity contribution in [2.24, 2.45) is 5.92 Å². The van der Waals surface area contributed by atoms with Gasteiger partial charge in [0.05, 0.1) is 0 Å². The van der Waals surface area contributed by atoms with Crippen LogP contribution in [0.25, 0.3) is 16.6 Å². The van der Waals surface area contributed by atoms with Crippen LogP contribution in [-0.2, 0) is 13.0 Å². The largest absolute Gasteiger partial charge is 0.361 e. The first-order valence-corrected chi connectivity index (χ1v) is 12.0. The third kappa shape index (κ3) is 4.78. The molecule has 0 radical (unpaired) electrons. The molecule has 0 bridgehead atoms. The zero-order valence-electron chi connectivity index (χ0n) is 19.0. The molecule has 2 aromatic heterocycles. The lowest BCUT2D eigenvalue weighted by molar-refractivity contribution is 0.155. The molecule has 2 aromatic carbocycles. The molecule has 0 aliphatic heterocycles. The summed E-state index contributed by atoms with van der Waals surface area (Å²) in [5.74, 6) is 0.883. The summed E-state index contributed by atoms with van der Waals surface area (Å²) in [7, 11) is 2.29. The number of fused-ring (bicyclic) bond motifs is 1. The first-order valence-electron chi connectivity index (χ1n) is 12.0. The van der Waals surface area contributed by atoms with E-state index in [2.05, 4.69) is 81.9 Å². The highest BCUT2D eigenvalue weighted by molar-refractivity contribution is 5.85. The Labute approximate surface area is 190 Å². The number of H-pyrrole nitrogens is 1. The van der Waals surface area contributed by atoms with E-state index in [-0.39, 0.29) is 0 Å². The van der Waals surface area contributed by atoms with Crippen LogP contribution < -0.4 is 0 Å². The molecule has 0 unspecified atom stereocenters. The zero-order chi connectivity index (χ0) is 21.8. The number of hydrogen-bond acceptors (Lipinski definition) is 3. The molecule has 0 spiro atoms. The Morgan fingerprint density at radius 3 is 2.56 bits per heavy atom. The standard InChI is InChI=1S/C27H33N5/c1-31(18-22-6-3-2-4-7-22)24-12-10-21(11-13-24)8-5-9-23-17-28-27-15-14-25(16-26(23)27)32-19-29-30-20-32/h2-4,6-7,14-17,19-21,24,28H,5,8-13,18H2,1H3/t21-,24+. The van der Waals surface area contributed by atoms with E-state index in [1.54, 1.807) is 12.7 Å². The minimum Gasteiger partial charge on any atom is -0.361 e. The van der Waals surface area contributed by atoms with Gasteiger partial charge < -0.3 is 4.98 Å². The van der Waals surface area contributed by atoms with E-state index in [0.29, 0.717) is 0 Å². The highest BCUT2D eigenvalue weighted by Gasteiger charge is 2.23. The Hall–Kier alpha value is -2.92. The van der Waals surface area contributed by atoms with Gasteiger partial charge in [-0.3, -0.25) is 9.47 Å². The fourth-order valence-corrected chi connectivity index (χ4v) is 5.32. The topological polar surface area (TPSA) is 49.7 Å². The van der Waals surface area contributed by atoms with Crippen LogP contribution in [0.2, 0.25) is 0 Å². The van der Waals surface area contributed by atoms with Crippen LogP contribution in [0, 0.1) is 5.92 Å². The van der Waals surface area contributed by atoms with Crippen molar-refractivity contribution in [3.05, 3.63) is 78.5 Å². The van der Waals surface area contributed by atoms with Gasteiger partial charge in [-0.15, -0.1) is 10.2 Å². The fourth-order valence-electron chi connectivity index (χ4n) is 5.32. The normalized spacial score (nSPS) is 19.1. The Balaban J connectivity index is 1.11. The van der Waals surface area contributed by atoms with Gasteiger partial charge in [0.2, 0.25) is 0 Å². The Bertz CT molecular complexity index is 1110. The average Bonchev–Trinajstić information content (AvgIpc) is 3.50. The third-order valence-corrected chi connectivity index (χ3v) is 7.24. The summed E-state index contributed by atoms with van der Waals surface area (Å²) >= 11 is 0. The number of nitrogens with one attached hydrogen (secondary N) is 1. The molecule has 5 nitrogen and oxygen atoms in total. The molecule has 2 heterocycles. The van der Waals surface area contributed by atoms with E-state index in [4.69, 9.17) is 0 Å². The maximum atomic E-state index is 3.93. The van der Waals surface area contributed by atoms with Crippen molar-refractivity contribution in [2.45, 2.75) is 57.5 Å². The smallest absolute Gasteiger partial charge is 0.123 e. The van der Waals surface area contributed by atoms with E-state index >= 15 is 0 Å². The number of aromatic amines is 1. The van der Waals surface area contributed by atoms with Crippen LogP contribution in [-0.4, -0.2) is 37.7 Å². The summed E-state index contributed by atoms with van der Waals surface area (Å²) in [5, 5.41) is 9.18. The van der Waals surface area contributed by atoms with E-state index in [0.717, 1.165) is 30.6 Å². The van der Waals surface area contributed by atoms with Crippen LogP contribution in [0.4, 0.5) is 0 Å². The molecule has 0 saturated heterocycles. The maximum Gasteiger partial charge on any atom is 0.123 e. The summed E-state index contributed by atoms with van der Waals surface area (Å²) in [6.07, 6.45) is 14.8. The summed E-state index contributed by atoms with van der Waals surface area (Å²) < 4.78 is 1.96. The highest BCUT2D eigenvalue weighted by Crippen LogP contribution is 2.31. The number of aryl methyl sites for hydroxylation is 1. The maximum absolute atomic E-state index is 3.93. The van der Waals surface area contributed by atoms with Crippen molar-refractivity contribution >= 4 is 10.9 Å². The van der Waals surface area contributed by atoms with E-state index < -0.39 is 0 Å². The van der Waals surface area contributed by atoms with E-state index in [1.807, 2.05) is 4.57 Å². The summed E-state index contributed by atoms with van der Waals surface area (Å²) in [6.45, 7) is 1.06. The molecule has 1 aliphatic carbocycles. The zero-order valence-corrected chi connectivity index (χ0v) is 19.0. The van der Waals surface area contributed by atoms with Gasteiger partial charge in [-0.05, 0) is 80.8 Å². The molecular formula is C27H33N5. The molecule has 1 fully saturated rings. The predicted molar refractivity (Wildman–Crippen MR) is 130 cm³/mol. The van der Waals surface area contributed by atoms with Gasteiger partial charge in [-0.2, -0.15) is 0 Å². The molecule has 1 N–H and O–H groups in total. The second-order valence-electron chi connectivity index (χ2n) is 9.38. The van der Waals surface area contributed by atoms with Crippen LogP contribution in [0.5, 0.6) is 0 Å². The van der Waals surface area contributed by atoms with Gasteiger partial charge >= 0.3 is 0 Å². The van der Waals surface area contributed by atoms with Gasteiger partial charge in [0, 0.05) is 35.4 Å². The lowest BCUT2D eigenvalue weighted by Crippen LogP contribution is -2.34. The molecule has 5 rings (SSSR count). The first kappa shape index (κ1) is 21.0. The van der Waals surface area contributed by atoms with Crippen LogP contribution in [0.1, 0.15) is 49.7 Å². The van der Waals surface area contributed by atoms with E-state index in [1.165, 1.54) is 60.6 Å². The van der Waals surface area contributed by atoms with Gasteiger partial charge in [-0.25, -0.2) is 0 Å². The lowest BCUT2D eigenvalue weighted by atomic mass is 9.82. The Morgan fingerprint density at radius 1 is 1.00 bits per heavy atom. The highest BCUT2D eigenvalue weighted by atomic mass is 15.2. The number of benzene rings is 2. The molecule has 1 saturated carbocycles. The van der Waals surface area contributed by atoms with Crippen molar-refractivity contribution in [2.75, 3.05) is 7.05 Å². The summed E-state index contributed by atoms with van der Waals surface area (Å²) in [6, 6.07) is 18.1. The average molecular weight is 428 g/mol. The van der Waals surface area contributed by atoms with E-state index in [9.17, 15) is 0 Å². The molecular weight excluding hydrogens is 394 g/mol. The fraction of sp³-hybridized carbons (Fsp3) is 0.407. The molecule has 0 amide bonds. The molecule has 32 heavy (non-hydrogen) atoms. The van der Waals surface area contributed by atoms with Crippen LogP contribution >= 0.6 is 0 Å². The second kappa shape index (κ2) is 9.70. The number of aromatic nitrogens is 4. The molecule has 166 valence electrons. The van der Waals surface area contributed by atoms with Crippen molar-refractivity contribution in [1.29, 1.82) is 0 Å². The van der Waals surface area contributed by atoms with Crippen LogP contribution in [0.15, 0.2) is 67.4 Å². The number of hydrogen-bond donors (Lipinski definition) is 1. The van der Waals surface area contributed by atoms with Crippen molar-refractivity contribution in [1.82, 2.24) is 24.6 Å². The quantitative estimate of drug-likeness (QED) is 0.389. The van der Waals surface area contributed by atoms with Crippen molar-refractivity contribution in [3.63, 3.8) is 0 Å². The lowest BCUT2D eigenvalue weighted by Gasteiger charge is -2.35. The minimum atomic E-state index is 0.733. The van der Waals surface area contributed by atoms with Gasteiger partial charge in [0.1, 0.15) is 12.7 Å². The minimum absolute atomic E-state index is 0.733. The molecule has 5 heteroatoms.